The van der Waals surface area contributed by atoms with E-state index in [0.717, 1.165) is 26.1 Å². The Balaban J connectivity index is 2.17. The predicted molar refractivity (Wildman–Crippen MR) is 56.1 cm³/mol. The van der Waals surface area contributed by atoms with Gasteiger partial charge >= 0.3 is 0 Å². The molecule has 1 atom stereocenters. The van der Waals surface area contributed by atoms with Crippen molar-refractivity contribution < 1.29 is 14.3 Å². The highest BCUT2D eigenvalue weighted by Crippen LogP contribution is 2.15. The van der Waals surface area contributed by atoms with Gasteiger partial charge in [-0.05, 0) is 25.7 Å². The topological polar surface area (TPSA) is 87.6 Å². The van der Waals surface area contributed by atoms with Gasteiger partial charge in [0.15, 0.2) is 0 Å². The minimum Gasteiger partial charge on any atom is -0.381 e. The molecule has 0 bridgehead atoms. The molecule has 1 fully saturated rings. The minimum atomic E-state index is -1.06. The molecule has 1 aliphatic heterocycles. The first kappa shape index (κ1) is 12.4. The van der Waals surface area contributed by atoms with Gasteiger partial charge < -0.3 is 20.9 Å². The number of nitrogens with two attached hydrogens (primary N) is 2. The lowest BCUT2D eigenvalue weighted by Gasteiger charge is -2.25. The van der Waals surface area contributed by atoms with Gasteiger partial charge in [0.1, 0.15) is 5.54 Å². The molecule has 1 aliphatic rings. The third-order valence-electron chi connectivity index (χ3n) is 2.66. The second-order valence-corrected chi connectivity index (χ2v) is 4.35. The van der Waals surface area contributed by atoms with Crippen LogP contribution in [0.1, 0.15) is 19.8 Å². The first-order valence-corrected chi connectivity index (χ1v) is 5.26. The van der Waals surface area contributed by atoms with Crippen LogP contribution in [-0.4, -0.2) is 37.9 Å². The van der Waals surface area contributed by atoms with Crippen LogP contribution in [0.3, 0.4) is 0 Å². The normalized spacial score (nSPS) is 22.3. The maximum absolute atomic E-state index is 10.9. The first-order chi connectivity index (χ1) is 7.02. The van der Waals surface area contributed by atoms with Crippen molar-refractivity contribution >= 4 is 5.91 Å². The Morgan fingerprint density at radius 3 is 2.67 bits per heavy atom. The summed E-state index contributed by atoms with van der Waals surface area (Å²) >= 11 is 0. The molecule has 0 aromatic carbocycles. The number of carbonyl (C=O) groups is 1. The van der Waals surface area contributed by atoms with Crippen molar-refractivity contribution in [2.45, 2.75) is 25.3 Å². The first-order valence-electron chi connectivity index (χ1n) is 5.26. The monoisotopic (exact) mass is 216 g/mol. The summed E-state index contributed by atoms with van der Waals surface area (Å²) in [6, 6.07) is 0. The van der Waals surface area contributed by atoms with Crippen LogP contribution in [0, 0.1) is 5.92 Å². The molecule has 1 heterocycles. The van der Waals surface area contributed by atoms with E-state index in [1.807, 2.05) is 0 Å². The quantitative estimate of drug-likeness (QED) is 0.656. The lowest BCUT2D eigenvalue weighted by molar-refractivity contribution is -0.125. The summed E-state index contributed by atoms with van der Waals surface area (Å²) in [6.45, 7) is 3.98. The van der Waals surface area contributed by atoms with E-state index in [4.69, 9.17) is 20.9 Å². The third-order valence-corrected chi connectivity index (χ3v) is 2.66. The molecule has 5 nitrogen and oxygen atoms in total. The maximum atomic E-state index is 10.9. The standard InChI is InChI=1S/C10H20N2O3/c1-10(12,9(11)13)7-15-6-8-2-4-14-5-3-8/h8H,2-7,12H2,1H3,(H2,11,13). The molecule has 0 spiro atoms. The van der Waals surface area contributed by atoms with Gasteiger partial charge in [-0.2, -0.15) is 0 Å². The van der Waals surface area contributed by atoms with Crippen molar-refractivity contribution in [2.75, 3.05) is 26.4 Å². The van der Waals surface area contributed by atoms with Crippen LogP contribution in [-0.2, 0) is 14.3 Å². The Kier molecular flexibility index (Phi) is 4.50. The van der Waals surface area contributed by atoms with E-state index in [1.165, 1.54) is 0 Å². The van der Waals surface area contributed by atoms with Crippen molar-refractivity contribution in [3.05, 3.63) is 0 Å². The van der Waals surface area contributed by atoms with Crippen LogP contribution in [0.2, 0.25) is 0 Å². The van der Waals surface area contributed by atoms with Gasteiger partial charge in [0, 0.05) is 19.8 Å². The van der Waals surface area contributed by atoms with E-state index in [0.29, 0.717) is 12.5 Å². The number of amides is 1. The Labute approximate surface area is 90.1 Å². The molecule has 0 aromatic rings. The molecule has 0 saturated carbocycles. The summed E-state index contributed by atoms with van der Waals surface area (Å²) in [4.78, 5) is 10.9. The highest BCUT2D eigenvalue weighted by molar-refractivity contribution is 5.83. The third kappa shape index (κ3) is 4.15. The summed E-state index contributed by atoms with van der Waals surface area (Å²) in [5, 5.41) is 0. The summed E-state index contributed by atoms with van der Waals surface area (Å²) in [5.41, 5.74) is 9.71. The van der Waals surface area contributed by atoms with E-state index in [2.05, 4.69) is 0 Å². The zero-order valence-electron chi connectivity index (χ0n) is 9.20. The second-order valence-electron chi connectivity index (χ2n) is 4.35. The lowest BCUT2D eigenvalue weighted by atomic mass is 10.0. The zero-order chi connectivity index (χ0) is 11.3. The van der Waals surface area contributed by atoms with Crippen molar-refractivity contribution in [1.82, 2.24) is 0 Å². The average molecular weight is 216 g/mol. The molecule has 4 N–H and O–H groups in total. The number of ether oxygens (including phenoxy) is 2. The minimum absolute atomic E-state index is 0.180. The number of hydrogen-bond acceptors (Lipinski definition) is 4. The Hall–Kier alpha value is -0.650. The predicted octanol–water partition coefficient (Wildman–Crippen LogP) is -0.368. The Morgan fingerprint density at radius 1 is 1.53 bits per heavy atom. The summed E-state index contributed by atoms with van der Waals surface area (Å²) in [6.07, 6.45) is 2.02. The number of hydrogen-bond donors (Lipinski definition) is 2. The molecule has 1 saturated heterocycles. The fraction of sp³-hybridized carbons (Fsp3) is 0.900. The molecule has 0 aliphatic carbocycles. The summed E-state index contributed by atoms with van der Waals surface area (Å²) in [5.74, 6) is -0.0168. The van der Waals surface area contributed by atoms with Gasteiger partial charge in [-0.25, -0.2) is 0 Å². The summed E-state index contributed by atoms with van der Waals surface area (Å²) < 4.78 is 10.6. The average Bonchev–Trinajstić information content (AvgIpc) is 2.19. The van der Waals surface area contributed by atoms with Gasteiger partial charge in [-0.1, -0.05) is 0 Å². The molecule has 88 valence electrons. The molecule has 5 heteroatoms. The van der Waals surface area contributed by atoms with E-state index in [1.54, 1.807) is 6.92 Å². The van der Waals surface area contributed by atoms with Crippen molar-refractivity contribution in [2.24, 2.45) is 17.4 Å². The van der Waals surface area contributed by atoms with Gasteiger partial charge in [0.25, 0.3) is 0 Å². The van der Waals surface area contributed by atoms with Crippen LogP contribution in [0.5, 0.6) is 0 Å². The number of carbonyl (C=O) groups excluding carboxylic acids is 1. The number of rotatable bonds is 5. The smallest absolute Gasteiger partial charge is 0.239 e. The molecular formula is C10H20N2O3. The Morgan fingerprint density at radius 2 is 2.13 bits per heavy atom. The van der Waals surface area contributed by atoms with Crippen LogP contribution in [0.4, 0.5) is 0 Å². The van der Waals surface area contributed by atoms with E-state index >= 15 is 0 Å². The molecule has 0 aromatic heterocycles. The molecule has 1 amide bonds. The molecule has 0 radical (unpaired) electrons. The molecule has 1 rings (SSSR count). The van der Waals surface area contributed by atoms with Crippen LogP contribution < -0.4 is 11.5 Å². The summed E-state index contributed by atoms with van der Waals surface area (Å²) in [7, 11) is 0. The highest BCUT2D eigenvalue weighted by atomic mass is 16.5. The maximum Gasteiger partial charge on any atom is 0.239 e. The fourth-order valence-corrected chi connectivity index (χ4v) is 1.42. The largest absolute Gasteiger partial charge is 0.381 e. The van der Waals surface area contributed by atoms with E-state index < -0.39 is 11.4 Å². The fourth-order valence-electron chi connectivity index (χ4n) is 1.42. The highest BCUT2D eigenvalue weighted by Gasteiger charge is 2.26. The van der Waals surface area contributed by atoms with E-state index in [-0.39, 0.29) is 6.61 Å². The molecule has 1 unspecified atom stereocenters. The molecular weight excluding hydrogens is 196 g/mol. The second kappa shape index (κ2) is 5.44. The van der Waals surface area contributed by atoms with Gasteiger partial charge in [-0.3, -0.25) is 4.79 Å². The number of primary amides is 1. The van der Waals surface area contributed by atoms with Crippen molar-refractivity contribution in [3.8, 4) is 0 Å². The van der Waals surface area contributed by atoms with Crippen LogP contribution in [0.25, 0.3) is 0 Å². The van der Waals surface area contributed by atoms with Gasteiger partial charge in [0.05, 0.1) is 6.61 Å². The Bertz CT molecular complexity index is 213. The van der Waals surface area contributed by atoms with E-state index in [9.17, 15) is 4.79 Å². The lowest BCUT2D eigenvalue weighted by Crippen LogP contribution is -2.53. The SMILES string of the molecule is CC(N)(COCC1CCOCC1)C(N)=O. The van der Waals surface area contributed by atoms with Gasteiger partial charge in [0.2, 0.25) is 5.91 Å². The van der Waals surface area contributed by atoms with Crippen molar-refractivity contribution in [1.29, 1.82) is 0 Å². The molecule has 15 heavy (non-hydrogen) atoms. The zero-order valence-corrected chi connectivity index (χ0v) is 9.20. The van der Waals surface area contributed by atoms with Crippen molar-refractivity contribution in [3.63, 3.8) is 0 Å². The van der Waals surface area contributed by atoms with Crippen LogP contribution >= 0.6 is 0 Å². The van der Waals surface area contributed by atoms with Gasteiger partial charge in [-0.15, -0.1) is 0 Å². The van der Waals surface area contributed by atoms with Crippen LogP contribution in [0.15, 0.2) is 0 Å².